The maximum Gasteiger partial charge on any atom is 0.0513 e. The molecule has 1 aliphatic carbocycles. The van der Waals surface area contributed by atoms with Gasteiger partial charge < -0.3 is 10.2 Å². The van der Waals surface area contributed by atoms with Crippen molar-refractivity contribution in [2.45, 2.75) is 25.3 Å². The maximum atomic E-state index is 3.72. The number of nitrogens with zero attached hydrogens (tertiary/aromatic N) is 1. The summed E-state index contributed by atoms with van der Waals surface area (Å²) in [7, 11) is 0. The second-order valence-electron chi connectivity index (χ2n) is 5.29. The average Bonchev–Trinajstić information content (AvgIpc) is 3.16. The third kappa shape index (κ3) is 3.02. The molecule has 1 aromatic carbocycles. The van der Waals surface area contributed by atoms with Gasteiger partial charge in [-0.15, -0.1) is 0 Å². The lowest BCUT2D eigenvalue weighted by Gasteiger charge is -2.27. The summed E-state index contributed by atoms with van der Waals surface area (Å²) in [6, 6.07) is 7.28. The molecular weight excluding hydrogens is 403 g/mol. The molecule has 0 aromatic heterocycles. The minimum absolute atomic E-state index is 0.697. The van der Waals surface area contributed by atoms with E-state index in [0.29, 0.717) is 6.04 Å². The topological polar surface area (TPSA) is 15.3 Å². The largest absolute Gasteiger partial charge is 0.369 e. The summed E-state index contributed by atoms with van der Waals surface area (Å²) in [5.74, 6) is 0.926. The van der Waals surface area contributed by atoms with Gasteiger partial charge in [-0.3, -0.25) is 0 Å². The Balaban J connectivity index is 1.82. The van der Waals surface area contributed by atoms with E-state index < -0.39 is 0 Å². The van der Waals surface area contributed by atoms with Crippen LogP contribution in [0.15, 0.2) is 22.7 Å². The molecule has 98 valence electrons. The highest BCUT2D eigenvalue weighted by molar-refractivity contribution is 14.1. The molecule has 3 rings (SSSR count). The van der Waals surface area contributed by atoms with Gasteiger partial charge in [0.15, 0.2) is 0 Å². The zero-order chi connectivity index (χ0) is 12.5. The third-order valence-electron chi connectivity index (χ3n) is 3.87. The number of nitrogens with one attached hydrogen (secondary N) is 1. The molecule has 4 heteroatoms. The first-order valence-electron chi connectivity index (χ1n) is 6.67. The van der Waals surface area contributed by atoms with Crippen molar-refractivity contribution in [2.24, 2.45) is 5.92 Å². The molecular formula is C14H18BrIN2. The Kier molecular flexibility index (Phi) is 4.15. The summed E-state index contributed by atoms with van der Waals surface area (Å²) in [4.78, 5) is 2.56. The van der Waals surface area contributed by atoms with Crippen molar-refractivity contribution in [3.8, 4) is 0 Å². The van der Waals surface area contributed by atoms with Crippen LogP contribution in [-0.4, -0.2) is 25.7 Å². The van der Waals surface area contributed by atoms with E-state index in [0.717, 1.165) is 12.5 Å². The van der Waals surface area contributed by atoms with Gasteiger partial charge in [-0.05, 0) is 72.5 Å². The molecule has 1 atom stereocenters. The molecule has 1 N–H and O–H groups in total. The van der Waals surface area contributed by atoms with Gasteiger partial charge in [0.2, 0.25) is 0 Å². The first-order valence-corrected chi connectivity index (χ1v) is 8.54. The molecule has 1 saturated heterocycles. The lowest BCUT2D eigenvalue weighted by molar-refractivity contribution is 0.490. The summed E-state index contributed by atoms with van der Waals surface area (Å²) in [5, 5.41) is 3.72. The van der Waals surface area contributed by atoms with Crippen molar-refractivity contribution < 1.29 is 0 Å². The first kappa shape index (κ1) is 13.2. The van der Waals surface area contributed by atoms with Crippen LogP contribution >= 0.6 is 38.5 Å². The summed E-state index contributed by atoms with van der Waals surface area (Å²) in [6.45, 7) is 3.50. The number of benzene rings is 1. The van der Waals surface area contributed by atoms with Crippen LogP contribution in [0.4, 0.5) is 5.69 Å². The Morgan fingerprint density at radius 3 is 2.94 bits per heavy atom. The van der Waals surface area contributed by atoms with Crippen molar-refractivity contribution in [3.05, 3.63) is 26.2 Å². The molecule has 1 aromatic rings. The second kappa shape index (κ2) is 5.67. The van der Waals surface area contributed by atoms with Crippen molar-refractivity contribution in [1.82, 2.24) is 5.32 Å². The number of anilines is 1. The van der Waals surface area contributed by atoms with Crippen LogP contribution in [0.3, 0.4) is 0 Å². The van der Waals surface area contributed by atoms with E-state index in [4.69, 9.17) is 0 Å². The van der Waals surface area contributed by atoms with Gasteiger partial charge in [0, 0.05) is 27.2 Å². The van der Waals surface area contributed by atoms with Crippen LogP contribution in [0.2, 0.25) is 0 Å². The van der Waals surface area contributed by atoms with E-state index in [1.54, 1.807) is 0 Å². The number of halogens is 2. The standard InChI is InChI=1S/C14H18BrIN2/c15-11-4-5-12(16)14(8-11)18-7-1-6-17-13(9-18)10-2-3-10/h4-5,8,10,13,17H,1-3,6-7,9H2. The Bertz CT molecular complexity index is 434. The van der Waals surface area contributed by atoms with Crippen LogP contribution < -0.4 is 10.2 Å². The average molecular weight is 421 g/mol. The fourth-order valence-corrected chi connectivity index (χ4v) is 3.74. The van der Waals surface area contributed by atoms with Gasteiger partial charge >= 0.3 is 0 Å². The second-order valence-corrected chi connectivity index (χ2v) is 7.37. The third-order valence-corrected chi connectivity index (χ3v) is 5.27. The van der Waals surface area contributed by atoms with Gasteiger partial charge in [-0.1, -0.05) is 15.9 Å². The van der Waals surface area contributed by atoms with E-state index in [2.05, 4.69) is 66.9 Å². The van der Waals surface area contributed by atoms with E-state index in [-0.39, 0.29) is 0 Å². The smallest absolute Gasteiger partial charge is 0.0513 e. The molecule has 0 spiro atoms. The monoisotopic (exact) mass is 420 g/mol. The van der Waals surface area contributed by atoms with Crippen LogP contribution in [0.1, 0.15) is 19.3 Å². The van der Waals surface area contributed by atoms with Crippen molar-refractivity contribution in [2.75, 3.05) is 24.5 Å². The minimum Gasteiger partial charge on any atom is -0.369 e. The highest BCUT2D eigenvalue weighted by atomic mass is 127. The maximum absolute atomic E-state index is 3.72. The summed E-state index contributed by atoms with van der Waals surface area (Å²) in [5.41, 5.74) is 1.39. The minimum atomic E-state index is 0.697. The molecule has 1 saturated carbocycles. The summed E-state index contributed by atoms with van der Waals surface area (Å²) < 4.78 is 2.53. The molecule has 1 aliphatic heterocycles. The van der Waals surface area contributed by atoms with E-state index in [1.165, 1.54) is 46.1 Å². The number of hydrogen-bond acceptors (Lipinski definition) is 2. The number of hydrogen-bond donors (Lipinski definition) is 1. The zero-order valence-electron chi connectivity index (χ0n) is 10.3. The van der Waals surface area contributed by atoms with Gasteiger partial charge in [-0.2, -0.15) is 0 Å². The molecule has 2 nitrogen and oxygen atoms in total. The SMILES string of the molecule is Brc1ccc(I)c(N2CCCNC(C3CC3)C2)c1. The molecule has 2 fully saturated rings. The van der Waals surface area contributed by atoms with Crippen LogP contribution in [-0.2, 0) is 0 Å². The summed E-state index contributed by atoms with van der Waals surface area (Å²) in [6.07, 6.45) is 4.08. The quantitative estimate of drug-likeness (QED) is 0.735. The highest BCUT2D eigenvalue weighted by Gasteiger charge is 2.33. The predicted molar refractivity (Wildman–Crippen MR) is 88.2 cm³/mol. The van der Waals surface area contributed by atoms with E-state index >= 15 is 0 Å². The van der Waals surface area contributed by atoms with Gasteiger partial charge in [0.25, 0.3) is 0 Å². The Morgan fingerprint density at radius 2 is 2.17 bits per heavy atom. The molecule has 1 heterocycles. The summed E-state index contributed by atoms with van der Waals surface area (Å²) >= 11 is 6.04. The van der Waals surface area contributed by atoms with Gasteiger partial charge in [-0.25, -0.2) is 0 Å². The fraction of sp³-hybridized carbons (Fsp3) is 0.571. The predicted octanol–water partition coefficient (Wildman–Crippen LogP) is 3.63. The van der Waals surface area contributed by atoms with Gasteiger partial charge in [0.05, 0.1) is 5.69 Å². The Hall–Kier alpha value is 0.190. The molecule has 0 amide bonds. The van der Waals surface area contributed by atoms with Crippen molar-refractivity contribution >= 4 is 44.2 Å². The Morgan fingerprint density at radius 1 is 1.33 bits per heavy atom. The van der Waals surface area contributed by atoms with Crippen LogP contribution in [0.5, 0.6) is 0 Å². The van der Waals surface area contributed by atoms with Gasteiger partial charge in [0.1, 0.15) is 0 Å². The molecule has 0 bridgehead atoms. The van der Waals surface area contributed by atoms with Crippen molar-refractivity contribution in [3.63, 3.8) is 0 Å². The van der Waals surface area contributed by atoms with Crippen molar-refractivity contribution in [1.29, 1.82) is 0 Å². The lowest BCUT2D eigenvalue weighted by Crippen LogP contribution is -2.39. The molecule has 0 radical (unpaired) electrons. The number of rotatable bonds is 2. The normalized spacial score (nSPS) is 25.0. The Labute approximate surface area is 131 Å². The fourth-order valence-electron chi connectivity index (χ4n) is 2.71. The molecule has 2 aliphatic rings. The van der Waals surface area contributed by atoms with E-state index in [9.17, 15) is 0 Å². The first-order chi connectivity index (χ1) is 8.74. The molecule has 18 heavy (non-hydrogen) atoms. The zero-order valence-corrected chi connectivity index (χ0v) is 14.1. The van der Waals surface area contributed by atoms with Crippen LogP contribution in [0, 0.1) is 9.49 Å². The highest BCUT2D eigenvalue weighted by Crippen LogP contribution is 2.35. The molecule has 1 unspecified atom stereocenters. The lowest BCUT2D eigenvalue weighted by atomic mass is 10.1. The van der Waals surface area contributed by atoms with E-state index in [1.807, 2.05) is 0 Å². The van der Waals surface area contributed by atoms with Crippen LogP contribution in [0.25, 0.3) is 0 Å².